The molecule has 1 heterocycles. The number of rotatable bonds is 5. The zero-order chi connectivity index (χ0) is 10.4. The van der Waals surface area contributed by atoms with Crippen LogP contribution in [0.4, 0.5) is 11.4 Å². The molecule has 0 fully saturated rings. The predicted molar refractivity (Wildman–Crippen MR) is 58.2 cm³/mol. The Kier molecular flexibility index (Phi) is 4.19. The Morgan fingerprint density at radius 2 is 2.36 bits per heavy atom. The molecule has 0 aliphatic rings. The Bertz CT molecular complexity index is 278. The lowest BCUT2D eigenvalue weighted by atomic mass is 10.2. The van der Waals surface area contributed by atoms with Crippen LogP contribution in [0, 0.1) is 0 Å². The van der Waals surface area contributed by atoms with Crippen LogP contribution in [0.3, 0.4) is 0 Å². The fraction of sp³-hybridized carbons (Fsp3) is 0.500. The molecule has 0 aliphatic heterocycles. The van der Waals surface area contributed by atoms with Crippen LogP contribution >= 0.6 is 0 Å². The van der Waals surface area contributed by atoms with Gasteiger partial charge in [-0.15, -0.1) is 0 Å². The quantitative estimate of drug-likeness (QED) is 0.747. The predicted octanol–water partition coefficient (Wildman–Crippen LogP) is 1.50. The maximum absolute atomic E-state index is 5.62. The number of methoxy groups -OCH3 is 1. The molecule has 0 saturated carbocycles. The van der Waals surface area contributed by atoms with Crippen molar-refractivity contribution in [2.45, 2.75) is 19.4 Å². The molecule has 4 heteroatoms. The lowest BCUT2D eigenvalue weighted by Gasteiger charge is -2.16. The average molecular weight is 195 g/mol. The van der Waals surface area contributed by atoms with Crippen molar-refractivity contribution < 1.29 is 4.74 Å². The highest BCUT2D eigenvalue weighted by molar-refractivity contribution is 5.51. The van der Waals surface area contributed by atoms with Gasteiger partial charge in [-0.3, -0.25) is 4.98 Å². The minimum Gasteiger partial charge on any atom is -0.397 e. The molecule has 1 unspecified atom stereocenters. The van der Waals surface area contributed by atoms with E-state index in [4.69, 9.17) is 10.5 Å². The van der Waals surface area contributed by atoms with Crippen molar-refractivity contribution in [3.8, 4) is 0 Å². The van der Waals surface area contributed by atoms with Gasteiger partial charge in [0.25, 0.3) is 0 Å². The van der Waals surface area contributed by atoms with Crippen molar-refractivity contribution in [3.05, 3.63) is 18.5 Å². The van der Waals surface area contributed by atoms with Gasteiger partial charge in [0.1, 0.15) is 0 Å². The first kappa shape index (κ1) is 10.8. The van der Waals surface area contributed by atoms with Crippen molar-refractivity contribution >= 4 is 11.4 Å². The van der Waals surface area contributed by atoms with Gasteiger partial charge in [-0.25, -0.2) is 0 Å². The largest absolute Gasteiger partial charge is 0.397 e. The zero-order valence-electron chi connectivity index (χ0n) is 8.66. The van der Waals surface area contributed by atoms with Crippen molar-refractivity contribution in [1.29, 1.82) is 0 Å². The SMILES string of the molecule is CCC(COC)Nc1cncc(N)c1. The van der Waals surface area contributed by atoms with Gasteiger partial charge in [-0.05, 0) is 12.5 Å². The van der Waals surface area contributed by atoms with Crippen LogP contribution in [0.5, 0.6) is 0 Å². The van der Waals surface area contributed by atoms with Gasteiger partial charge >= 0.3 is 0 Å². The molecule has 0 amide bonds. The molecule has 1 atom stereocenters. The van der Waals surface area contributed by atoms with E-state index >= 15 is 0 Å². The summed E-state index contributed by atoms with van der Waals surface area (Å²) in [5.74, 6) is 0. The smallest absolute Gasteiger partial charge is 0.0663 e. The second-order valence-corrected chi connectivity index (χ2v) is 3.21. The molecule has 1 aromatic rings. The standard InChI is InChI=1S/C10H17N3O/c1-3-9(7-14-2)13-10-4-8(11)5-12-6-10/h4-6,9,13H,3,7,11H2,1-2H3. The van der Waals surface area contributed by atoms with Crippen LogP contribution in [-0.4, -0.2) is 24.7 Å². The lowest BCUT2D eigenvalue weighted by molar-refractivity contribution is 0.184. The number of nitrogens with two attached hydrogens (primary N) is 1. The van der Waals surface area contributed by atoms with Crippen molar-refractivity contribution in [2.75, 3.05) is 24.8 Å². The minimum absolute atomic E-state index is 0.309. The van der Waals surface area contributed by atoms with Crippen molar-refractivity contribution in [3.63, 3.8) is 0 Å². The van der Waals surface area contributed by atoms with E-state index in [2.05, 4.69) is 17.2 Å². The van der Waals surface area contributed by atoms with E-state index in [1.807, 2.05) is 6.07 Å². The van der Waals surface area contributed by atoms with Gasteiger partial charge in [0.05, 0.1) is 24.2 Å². The van der Waals surface area contributed by atoms with E-state index < -0.39 is 0 Å². The Hall–Kier alpha value is -1.29. The normalized spacial score (nSPS) is 12.4. The van der Waals surface area contributed by atoms with Crippen LogP contribution in [-0.2, 0) is 4.74 Å². The summed E-state index contributed by atoms with van der Waals surface area (Å²) in [6.45, 7) is 2.79. The summed E-state index contributed by atoms with van der Waals surface area (Å²) in [7, 11) is 1.70. The number of aromatic nitrogens is 1. The van der Waals surface area contributed by atoms with E-state index in [1.165, 1.54) is 0 Å². The summed E-state index contributed by atoms with van der Waals surface area (Å²) in [6, 6.07) is 2.18. The minimum atomic E-state index is 0.309. The van der Waals surface area contributed by atoms with Gasteiger partial charge in [0, 0.05) is 19.3 Å². The summed E-state index contributed by atoms with van der Waals surface area (Å²) in [5.41, 5.74) is 7.22. The lowest BCUT2D eigenvalue weighted by Crippen LogP contribution is -2.23. The highest BCUT2D eigenvalue weighted by Gasteiger charge is 2.05. The Morgan fingerprint density at radius 3 is 2.93 bits per heavy atom. The summed E-state index contributed by atoms with van der Waals surface area (Å²) in [4.78, 5) is 4.00. The highest BCUT2D eigenvalue weighted by Crippen LogP contribution is 2.11. The Labute approximate surface area is 84.5 Å². The highest BCUT2D eigenvalue weighted by atomic mass is 16.5. The molecule has 4 nitrogen and oxygen atoms in total. The summed E-state index contributed by atoms with van der Waals surface area (Å²) < 4.78 is 5.08. The molecular formula is C10H17N3O. The monoisotopic (exact) mass is 195 g/mol. The number of anilines is 2. The third-order valence-corrected chi connectivity index (χ3v) is 1.99. The molecule has 1 aromatic heterocycles. The fourth-order valence-electron chi connectivity index (χ4n) is 1.24. The number of nitrogens with zero attached hydrogens (tertiary/aromatic N) is 1. The molecule has 78 valence electrons. The molecular weight excluding hydrogens is 178 g/mol. The number of hydrogen-bond donors (Lipinski definition) is 2. The van der Waals surface area contributed by atoms with E-state index in [0.717, 1.165) is 12.1 Å². The number of nitrogen functional groups attached to an aromatic ring is 1. The van der Waals surface area contributed by atoms with Gasteiger partial charge in [0.2, 0.25) is 0 Å². The number of ether oxygens (including phenoxy) is 1. The number of nitrogens with one attached hydrogen (secondary N) is 1. The van der Waals surface area contributed by atoms with E-state index in [9.17, 15) is 0 Å². The molecule has 0 radical (unpaired) electrons. The summed E-state index contributed by atoms with van der Waals surface area (Å²) in [6.07, 6.45) is 4.39. The Balaban J connectivity index is 2.57. The molecule has 1 rings (SSSR count). The first-order chi connectivity index (χ1) is 6.76. The molecule has 14 heavy (non-hydrogen) atoms. The second kappa shape index (κ2) is 5.44. The maximum atomic E-state index is 5.62. The fourth-order valence-corrected chi connectivity index (χ4v) is 1.24. The third kappa shape index (κ3) is 3.22. The van der Waals surface area contributed by atoms with E-state index in [-0.39, 0.29) is 0 Å². The van der Waals surface area contributed by atoms with Gasteiger partial charge in [0.15, 0.2) is 0 Å². The van der Waals surface area contributed by atoms with Crippen LogP contribution in [0.15, 0.2) is 18.5 Å². The summed E-state index contributed by atoms with van der Waals surface area (Å²) in [5, 5.41) is 3.30. The van der Waals surface area contributed by atoms with E-state index in [0.29, 0.717) is 18.3 Å². The molecule has 3 N–H and O–H groups in total. The zero-order valence-corrected chi connectivity index (χ0v) is 8.66. The molecule has 0 aromatic carbocycles. The molecule has 0 bridgehead atoms. The Morgan fingerprint density at radius 1 is 1.57 bits per heavy atom. The van der Waals surface area contributed by atoms with E-state index in [1.54, 1.807) is 19.5 Å². The second-order valence-electron chi connectivity index (χ2n) is 3.21. The summed E-state index contributed by atoms with van der Waals surface area (Å²) >= 11 is 0. The van der Waals surface area contributed by atoms with Crippen LogP contribution in [0.1, 0.15) is 13.3 Å². The molecule has 0 saturated heterocycles. The topological polar surface area (TPSA) is 60.2 Å². The first-order valence-electron chi connectivity index (χ1n) is 4.72. The van der Waals surface area contributed by atoms with Crippen molar-refractivity contribution in [2.24, 2.45) is 0 Å². The van der Waals surface area contributed by atoms with Crippen molar-refractivity contribution in [1.82, 2.24) is 4.98 Å². The van der Waals surface area contributed by atoms with Crippen LogP contribution in [0.2, 0.25) is 0 Å². The average Bonchev–Trinajstić information content (AvgIpc) is 2.17. The number of pyridine rings is 1. The first-order valence-corrected chi connectivity index (χ1v) is 4.72. The van der Waals surface area contributed by atoms with Gasteiger partial charge < -0.3 is 15.8 Å². The third-order valence-electron chi connectivity index (χ3n) is 1.99. The van der Waals surface area contributed by atoms with Gasteiger partial charge in [-0.2, -0.15) is 0 Å². The van der Waals surface area contributed by atoms with Crippen LogP contribution < -0.4 is 11.1 Å². The maximum Gasteiger partial charge on any atom is 0.0663 e. The van der Waals surface area contributed by atoms with Gasteiger partial charge in [-0.1, -0.05) is 6.92 Å². The van der Waals surface area contributed by atoms with Crippen LogP contribution in [0.25, 0.3) is 0 Å². The molecule has 0 spiro atoms. The molecule has 0 aliphatic carbocycles. The number of hydrogen-bond acceptors (Lipinski definition) is 4.